The molecule has 0 bridgehead atoms. The second-order valence-corrected chi connectivity index (χ2v) is 3.98. The monoisotopic (exact) mass is 257 g/mol. The van der Waals surface area contributed by atoms with E-state index in [-0.39, 0.29) is 6.61 Å². The predicted molar refractivity (Wildman–Crippen MR) is 58.3 cm³/mol. The SMILES string of the molecule is Cc1cc(Br)c(OCC(N)=O)cc1C. The lowest BCUT2D eigenvalue weighted by Crippen LogP contribution is -2.20. The zero-order valence-corrected chi connectivity index (χ0v) is 9.72. The van der Waals surface area contributed by atoms with E-state index in [9.17, 15) is 4.79 Å². The van der Waals surface area contributed by atoms with Gasteiger partial charge in [-0.25, -0.2) is 0 Å². The molecule has 0 aliphatic rings. The molecule has 3 nitrogen and oxygen atoms in total. The molecular formula is C10H12BrNO2. The van der Waals surface area contributed by atoms with Crippen molar-refractivity contribution in [1.82, 2.24) is 0 Å². The van der Waals surface area contributed by atoms with Crippen LogP contribution in [-0.4, -0.2) is 12.5 Å². The van der Waals surface area contributed by atoms with Gasteiger partial charge in [0.25, 0.3) is 5.91 Å². The van der Waals surface area contributed by atoms with Crippen LogP contribution in [0, 0.1) is 13.8 Å². The lowest BCUT2D eigenvalue weighted by atomic mass is 10.1. The van der Waals surface area contributed by atoms with Crippen LogP contribution in [-0.2, 0) is 4.79 Å². The minimum atomic E-state index is -0.477. The maximum absolute atomic E-state index is 10.5. The van der Waals surface area contributed by atoms with Crippen LogP contribution in [0.1, 0.15) is 11.1 Å². The predicted octanol–water partition coefficient (Wildman–Crippen LogP) is 1.93. The zero-order chi connectivity index (χ0) is 10.7. The Morgan fingerprint density at radius 1 is 1.43 bits per heavy atom. The Kier molecular flexibility index (Phi) is 3.52. The molecule has 4 heteroatoms. The van der Waals surface area contributed by atoms with E-state index in [1.54, 1.807) is 0 Å². The highest BCUT2D eigenvalue weighted by molar-refractivity contribution is 9.10. The lowest BCUT2D eigenvalue weighted by molar-refractivity contribution is -0.119. The molecule has 1 rings (SSSR count). The van der Waals surface area contributed by atoms with Crippen LogP contribution < -0.4 is 10.5 Å². The fourth-order valence-corrected chi connectivity index (χ4v) is 1.59. The minimum absolute atomic E-state index is 0.0961. The van der Waals surface area contributed by atoms with Gasteiger partial charge in [0, 0.05) is 0 Å². The molecule has 0 heterocycles. The van der Waals surface area contributed by atoms with Crippen LogP contribution in [0.4, 0.5) is 0 Å². The fraction of sp³-hybridized carbons (Fsp3) is 0.300. The van der Waals surface area contributed by atoms with Gasteiger partial charge in [0.05, 0.1) is 4.47 Å². The number of amides is 1. The van der Waals surface area contributed by atoms with Crippen molar-refractivity contribution < 1.29 is 9.53 Å². The van der Waals surface area contributed by atoms with E-state index in [0.29, 0.717) is 5.75 Å². The molecule has 0 spiro atoms. The van der Waals surface area contributed by atoms with E-state index in [0.717, 1.165) is 10.0 Å². The van der Waals surface area contributed by atoms with Crippen LogP contribution in [0.5, 0.6) is 5.75 Å². The van der Waals surface area contributed by atoms with Crippen LogP contribution in [0.2, 0.25) is 0 Å². The summed E-state index contributed by atoms with van der Waals surface area (Å²) >= 11 is 3.35. The smallest absolute Gasteiger partial charge is 0.255 e. The topological polar surface area (TPSA) is 52.3 Å². The van der Waals surface area contributed by atoms with Crippen molar-refractivity contribution in [3.63, 3.8) is 0 Å². The van der Waals surface area contributed by atoms with E-state index < -0.39 is 5.91 Å². The Labute approximate surface area is 91.4 Å². The number of nitrogens with two attached hydrogens (primary N) is 1. The number of primary amides is 1. The number of ether oxygens (including phenoxy) is 1. The largest absolute Gasteiger partial charge is 0.483 e. The molecule has 0 saturated carbocycles. The van der Waals surface area contributed by atoms with Crippen molar-refractivity contribution in [2.24, 2.45) is 5.73 Å². The second-order valence-electron chi connectivity index (χ2n) is 3.12. The zero-order valence-electron chi connectivity index (χ0n) is 8.13. The number of hydrogen-bond acceptors (Lipinski definition) is 2. The summed E-state index contributed by atoms with van der Waals surface area (Å²) in [6, 6.07) is 3.83. The third-order valence-electron chi connectivity index (χ3n) is 1.92. The fourth-order valence-electron chi connectivity index (χ4n) is 1.01. The van der Waals surface area contributed by atoms with E-state index in [1.807, 2.05) is 26.0 Å². The van der Waals surface area contributed by atoms with Crippen molar-refractivity contribution in [3.8, 4) is 5.75 Å². The average molecular weight is 258 g/mol. The number of carbonyl (C=O) groups excluding carboxylic acids is 1. The number of rotatable bonds is 3. The second kappa shape index (κ2) is 4.46. The Morgan fingerprint density at radius 2 is 2.00 bits per heavy atom. The highest BCUT2D eigenvalue weighted by Crippen LogP contribution is 2.28. The summed E-state index contributed by atoms with van der Waals surface area (Å²) in [6.07, 6.45) is 0. The third kappa shape index (κ3) is 2.73. The summed E-state index contributed by atoms with van der Waals surface area (Å²) < 4.78 is 6.05. The number of carbonyl (C=O) groups is 1. The number of hydrogen-bond donors (Lipinski definition) is 1. The molecule has 0 fully saturated rings. The Bertz CT molecular complexity index is 363. The lowest BCUT2D eigenvalue weighted by Gasteiger charge is -2.09. The number of halogens is 1. The van der Waals surface area contributed by atoms with Gasteiger partial charge in [-0.05, 0) is 53.0 Å². The molecule has 2 N–H and O–H groups in total. The summed E-state index contributed by atoms with van der Waals surface area (Å²) in [7, 11) is 0. The van der Waals surface area contributed by atoms with Crippen LogP contribution in [0.3, 0.4) is 0 Å². The first kappa shape index (κ1) is 11.0. The molecule has 0 aromatic heterocycles. The van der Waals surface area contributed by atoms with Crippen LogP contribution >= 0.6 is 15.9 Å². The highest BCUT2D eigenvalue weighted by atomic mass is 79.9. The van der Waals surface area contributed by atoms with Crippen molar-refractivity contribution in [3.05, 3.63) is 27.7 Å². The average Bonchev–Trinajstić information content (AvgIpc) is 2.09. The van der Waals surface area contributed by atoms with Gasteiger partial charge in [-0.15, -0.1) is 0 Å². The number of benzene rings is 1. The van der Waals surface area contributed by atoms with Crippen molar-refractivity contribution in [2.45, 2.75) is 13.8 Å². The van der Waals surface area contributed by atoms with Gasteiger partial charge in [0.15, 0.2) is 6.61 Å². The summed E-state index contributed by atoms with van der Waals surface area (Å²) in [5.41, 5.74) is 7.27. The van der Waals surface area contributed by atoms with E-state index in [4.69, 9.17) is 10.5 Å². The highest BCUT2D eigenvalue weighted by Gasteiger charge is 2.05. The van der Waals surface area contributed by atoms with Gasteiger partial charge in [0.1, 0.15) is 5.75 Å². The standard InChI is InChI=1S/C10H12BrNO2/c1-6-3-8(11)9(4-7(6)2)14-5-10(12)13/h3-4H,5H2,1-2H3,(H2,12,13). The van der Waals surface area contributed by atoms with Gasteiger partial charge in [0.2, 0.25) is 0 Å². The maximum atomic E-state index is 10.5. The molecular weight excluding hydrogens is 246 g/mol. The summed E-state index contributed by atoms with van der Waals surface area (Å²) in [4.78, 5) is 10.5. The van der Waals surface area contributed by atoms with Gasteiger partial charge in [-0.1, -0.05) is 0 Å². The van der Waals surface area contributed by atoms with Crippen molar-refractivity contribution >= 4 is 21.8 Å². The normalized spacial score (nSPS) is 9.93. The summed E-state index contributed by atoms with van der Waals surface area (Å²) in [5.74, 6) is 0.169. The number of aryl methyl sites for hydroxylation is 2. The summed E-state index contributed by atoms with van der Waals surface area (Å²) in [6.45, 7) is 3.90. The first-order chi connectivity index (χ1) is 6.50. The van der Waals surface area contributed by atoms with Crippen LogP contribution in [0.15, 0.2) is 16.6 Å². The quantitative estimate of drug-likeness (QED) is 0.900. The van der Waals surface area contributed by atoms with E-state index >= 15 is 0 Å². The molecule has 76 valence electrons. The Balaban J connectivity index is 2.87. The molecule has 14 heavy (non-hydrogen) atoms. The molecule has 0 unspecified atom stereocenters. The molecule has 0 saturated heterocycles. The molecule has 0 atom stereocenters. The first-order valence-corrected chi connectivity index (χ1v) is 4.98. The molecule has 1 amide bonds. The first-order valence-electron chi connectivity index (χ1n) is 4.18. The molecule has 0 radical (unpaired) electrons. The molecule has 0 aliphatic heterocycles. The van der Waals surface area contributed by atoms with Gasteiger partial charge in [-0.3, -0.25) is 4.79 Å². The van der Waals surface area contributed by atoms with Gasteiger partial charge in [-0.2, -0.15) is 0 Å². The van der Waals surface area contributed by atoms with Gasteiger partial charge >= 0.3 is 0 Å². The minimum Gasteiger partial charge on any atom is -0.483 e. The summed E-state index contributed by atoms with van der Waals surface area (Å²) in [5, 5.41) is 0. The maximum Gasteiger partial charge on any atom is 0.255 e. The van der Waals surface area contributed by atoms with E-state index in [2.05, 4.69) is 15.9 Å². The van der Waals surface area contributed by atoms with Crippen molar-refractivity contribution in [1.29, 1.82) is 0 Å². The Morgan fingerprint density at radius 3 is 2.57 bits per heavy atom. The van der Waals surface area contributed by atoms with E-state index in [1.165, 1.54) is 5.56 Å². The van der Waals surface area contributed by atoms with Gasteiger partial charge < -0.3 is 10.5 Å². The Hall–Kier alpha value is -1.03. The molecule has 1 aromatic rings. The molecule has 1 aromatic carbocycles. The van der Waals surface area contributed by atoms with Crippen LogP contribution in [0.25, 0.3) is 0 Å². The third-order valence-corrected chi connectivity index (χ3v) is 2.54. The van der Waals surface area contributed by atoms with Crippen molar-refractivity contribution in [2.75, 3.05) is 6.61 Å². The molecule has 0 aliphatic carbocycles.